The Balaban J connectivity index is 0.000000318. The van der Waals surface area contributed by atoms with Gasteiger partial charge in [-0.05, 0) is 56.5 Å². The van der Waals surface area contributed by atoms with Crippen molar-refractivity contribution in [3.63, 3.8) is 0 Å². The largest absolute Gasteiger partial charge is 0.507 e. The molecule has 2 aromatic rings. The van der Waals surface area contributed by atoms with Crippen LogP contribution < -0.4 is 0 Å². The molecule has 0 aliphatic carbocycles. The van der Waals surface area contributed by atoms with Gasteiger partial charge in [-0.2, -0.15) is 13.2 Å². The lowest BCUT2D eigenvalue weighted by Crippen LogP contribution is -2.40. The van der Waals surface area contributed by atoms with Crippen molar-refractivity contribution < 1.29 is 28.2 Å². The molecule has 30 heavy (non-hydrogen) atoms. The molecule has 2 fully saturated rings. The average molecular weight is 439 g/mol. The van der Waals surface area contributed by atoms with Gasteiger partial charge >= 0.3 is 12.1 Å². The number of alkyl halides is 3. The molecule has 162 valence electrons. The van der Waals surface area contributed by atoms with Crippen molar-refractivity contribution in [3.8, 4) is 16.9 Å². The van der Waals surface area contributed by atoms with Gasteiger partial charge in [0.2, 0.25) is 0 Å². The van der Waals surface area contributed by atoms with Crippen LogP contribution in [-0.2, 0) is 4.79 Å². The molecule has 2 saturated heterocycles. The highest BCUT2D eigenvalue weighted by atomic mass is 32.2. The first-order chi connectivity index (χ1) is 14.1. The summed E-state index contributed by atoms with van der Waals surface area (Å²) in [7, 11) is 2.29. The van der Waals surface area contributed by atoms with Crippen LogP contribution in [0.25, 0.3) is 11.1 Å². The van der Waals surface area contributed by atoms with Crippen LogP contribution in [0.1, 0.15) is 25.7 Å². The van der Waals surface area contributed by atoms with Crippen molar-refractivity contribution >= 4 is 17.7 Å². The highest BCUT2D eigenvalue weighted by molar-refractivity contribution is 8.00. The summed E-state index contributed by atoms with van der Waals surface area (Å²) in [6.45, 7) is 0. The molecule has 0 saturated carbocycles. The second kappa shape index (κ2) is 9.31. The Morgan fingerprint density at radius 2 is 1.63 bits per heavy atom. The minimum absolute atomic E-state index is 0.365. The number of carboxylic acids is 1. The monoisotopic (exact) mass is 439 g/mol. The standard InChI is InChI=1S/C20H23NOS.C2HF3O2/c1-21-15-7-8-16(21)12-18(11-15)23-17-9-10-20(22)19(13-17)14-5-3-2-4-6-14;3-2(4,5)1(6)7/h2-6,9-10,13,15-16,18,22H,7-8,11-12H2,1H3;(H,6,7)/t15-,16+,18?;. The van der Waals surface area contributed by atoms with Crippen molar-refractivity contribution in [3.05, 3.63) is 48.5 Å². The molecule has 2 bridgehead atoms. The average Bonchev–Trinajstić information content (AvgIpc) is 2.90. The van der Waals surface area contributed by atoms with Gasteiger partial charge in [-0.25, -0.2) is 4.79 Å². The van der Waals surface area contributed by atoms with Gasteiger partial charge in [0.05, 0.1) is 0 Å². The molecule has 0 radical (unpaired) electrons. The van der Waals surface area contributed by atoms with E-state index in [9.17, 15) is 18.3 Å². The molecule has 2 aliphatic rings. The Labute approximate surface area is 177 Å². The van der Waals surface area contributed by atoms with Gasteiger partial charge in [-0.3, -0.25) is 0 Å². The number of phenols is 1. The zero-order valence-electron chi connectivity index (χ0n) is 16.5. The number of piperidine rings is 1. The lowest BCUT2D eigenvalue weighted by atomic mass is 10.0. The molecular formula is C22H24F3NO3S. The van der Waals surface area contributed by atoms with Gasteiger partial charge < -0.3 is 15.1 Å². The maximum Gasteiger partial charge on any atom is 0.490 e. The Morgan fingerprint density at radius 1 is 1.07 bits per heavy atom. The first-order valence-electron chi connectivity index (χ1n) is 9.72. The third kappa shape index (κ3) is 5.49. The lowest BCUT2D eigenvalue weighted by Gasteiger charge is -2.36. The highest BCUT2D eigenvalue weighted by Gasteiger charge is 2.39. The van der Waals surface area contributed by atoms with E-state index in [-0.39, 0.29) is 0 Å². The van der Waals surface area contributed by atoms with Crippen LogP contribution in [0.2, 0.25) is 0 Å². The SMILES string of the molecule is CN1[C@@H]2CC[C@H]1CC(Sc1ccc(O)c(-c3ccccc3)c1)C2.O=C(O)C(F)(F)F. The number of carbonyl (C=O) groups is 1. The fourth-order valence-corrected chi connectivity index (χ4v) is 5.44. The van der Waals surface area contributed by atoms with Crippen LogP contribution >= 0.6 is 11.8 Å². The van der Waals surface area contributed by atoms with Crippen molar-refractivity contribution in [2.75, 3.05) is 7.05 Å². The quantitative estimate of drug-likeness (QED) is 0.670. The van der Waals surface area contributed by atoms with E-state index in [0.29, 0.717) is 11.0 Å². The first-order valence-corrected chi connectivity index (χ1v) is 10.6. The van der Waals surface area contributed by atoms with Crippen LogP contribution in [0.3, 0.4) is 0 Å². The molecule has 2 heterocycles. The number of carboxylic acid groups (broad SMARTS) is 1. The number of aromatic hydroxyl groups is 1. The van der Waals surface area contributed by atoms with Gasteiger partial charge in [0, 0.05) is 27.8 Å². The number of hydrogen-bond donors (Lipinski definition) is 2. The lowest BCUT2D eigenvalue weighted by molar-refractivity contribution is -0.192. The maximum absolute atomic E-state index is 10.6. The van der Waals surface area contributed by atoms with Crippen LogP contribution in [0.4, 0.5) is 13.2 Å². The Kier molecular flexibility index (Phi) is 6.98. The molecule has 4 rings (SSSR count). The molecule has 2 aromatic carbocycles. The fraction of sp³-hybridized carbons (Fsp3) is 0.409. The summed E-state index contributed by atoms with van der Waals surface area (Å²) in [5, 5.41) is 18.0. The Hall–Kier alpha value is -2.19. The molecule has 8 heteroatoms. The molecule has 3 atom stereocenters. The first kappa shape index (κ1) is 22.5. The van der Waals surface area contributed by atoms with Crippen LogP contribution in [-0.4, -0.2) is 51.6 Å². The van der Waals surface area contributed by atoms with E-state index in [1.54, 1.807) is 0 Å². The number of benzene rings is 2. The van der Waals surface area contributed by atoms with E-state index < -0.39 is 12.1 Å². The van der Waals surface area contributed by atoms with E-state index in [1.165, 1.54) is 30.6 Å². The van der Waals surface area contributed by atoms with Crippen LogP contribution in [0.15, 0.2) is 53.4 Å². The summed E-state index contributed by atoms with van der Waals surface area (Å²) >= 11 is 1.99. The third-order valence-corrected chi connectivity index (χ3v) is 6.90. The van der Waals surface area contributed by atoms with Crippen molar-refractivity contribution in [2.24, 2.45) is 0 Å². The Bertz CT molecular complexity index is 862. The second-order valence-electron chi connectivity index (χ2n) is 7.61. The molecular weight excluding hydrogens is 415 g/mol. The molecule has 4 nitrogen and oxygen atoms in total. The minimum atomic E-state index is -5.08. The second-order valence-corrected chi connectivity index (χ2v) is 8.98. The Morgan fingerprint density at radius 3 is 2.17 bits per heavy atom. The third-order valence-electron chi connectivity index (χ3n) is 5.65. The topological polar surface area (TPSA) is 60.8 Å². The summed E-state index contributed by atoms with van der Waals surface area (Å²) in [6.07, 6.45) is 0.227. The zero-order chi connectivity index (χ0) is 21.9. The summed E-state index contributed by atoms with van der Waals surface area (Å²) < 4.78 is 31.7. The van der Waals surface area contributed by atoms with E-state index in [2.05, 4.69) is 36.2 Å². The molecule has 0 aromatic heterocycles. The highest BCUT2D eigenvalue weighted by Crippen LogP contribution is 2.42. The van der Waals surface area contributed by atoms with Crippen molar-refractivity contribution in [2.45, 2.75) is 54.1 Å². The van der Waals surface area contributed by atoms with Crippen molar-refractivity contribution in [1.82, 2.24) is 4.90 Å². The summed E-state index contributed by atoms with van der Waals surface area (Å²) in [5.41, 5.74) is 2.02. The fourth-order valence-electron chi connectivity index (χ4n) is 4.09. The number of halogens is 3. The van der Waals surface area contributed by atoms with Gasteiger partial charge in [0.25, 0.3) is 0 Å². The van der Waals surface area contributed by atoms with E-state index in [4.69, 9.17) is 9.90 Å². The van der Waals surface area contributed by atoms with E-state index in [1.807, 2.05) is 36.0 Å². The number of hydrogen-bond acceptors (Lipinski definition) is 4. The predicted octanol–water partition coefficient (Wildman–Crippen LogP) is 5.41. The predicted molar refractivity (Wildman–Crippen MR) is 111 cm³/mol. The summed E-state index contributed by atoms with van der Waals surface area (Å²) in [4.78, 5) is 12.8. The smallest absolute Gasteiger partial charge is 0.490 e. The number of phenolic OH excluding ortho intramolecular Hbond substituents is 1. The molecule has 0 amide bonds. The van der Waals surface area contributed by atoms with Crippen LogP contribution in [0, 0.1) is 0 Å². The van der Waals surface area contributed by atoms with Crippen LogP contribution in [0.5, 0.6) is 5.75 Å². The molecule has 2 aliphatic heterocycles. The number of rotatable bonds is 3. The molecule has 1 unspecified atom stereocenters. The van der Waals surface area contributed by atoms with Gasteiger partial charge in [-0.15, -0.1) is 11.8 Å². The minimum Gasteiger partial charge on any atom is -0.507 e. The normalized spacial score (nSPS) is 23.5. The van der Waals surface area contributed by atoms with E-state index >= 15 is 0 Å². The number of nitrogens with zero attached hydrogens (tertiary/aromatic N) is 1. The van der Waals surface area contributed by atoms with Gasteiger partial charge in [0.1, 0.15) is 5.75 Å². The molecule has 2 N–H and O–H groups in total. The van der Waals surface area contributed by atoms with E-state index in [0.717, 1.165) is 23.2 Å². The van der Waals surface area contributed by atoms with Crippen molar-refractivity contribution in [1.29, 1.82) is 0 Å². The van der Waals surface area contributed by atoms with Gasteiger partial charge in [-0.1, -0.05) is 30.3 Å². The molecule has 0 spiro atoms. The summed E-state index contributed by atoms with van der Waals surface area (Å²) in [5.74, 6) is -2.39. The maximum atomic E-state index is 10.6. The van der Waals surface area contributed by atoms with Gasteiger partial charge in [0.15, 0.2) is 0 Å². The number of aliphatic carboxylic acids is 1. The summed E-state index contributed by atoms with van der Waals surface area (Å²) in [6, 6.07) is 17.8. The number of fused-ring (bicyclic) bond motifs is 2. The number of thioether (sulfide) groups is 1. The zero-order valence-corrected chi connectivity index (χ0v) is 17.3.